The number of nitrogens with zero attached hydrogens (tertiary/aromatic N) is 1. The molecule has 1 aromatic carbocycles. The quantitative estimate of drug-likeness (QED) is 0.195. The Morgan fingerprint density at radius 1 is 0.977 bits per heavy atom. The zero-order valence-electron chi connectivity index (χ0n) is 24.5. The molecule has 0 aromatic heterocycles. The van der Waals surface area contributed by atoms with E-state index in [1.54, 1.807) is 45.9 Å². The van der Waals surface area contributed by atoms with Gasteiger partial charge in [-0.25, -0.2) is 18.7 Å². The second-order valence-corrected chi connectivity index (χ2v) is 12.6. The van der Waals surface area contributed by atoms with Crippen molar-refractivity contribution in [1.29, 1.82) is 0 Å². The van der Waals surface area contributed by atoms with Crippen molar-refractivity contribution in [3.63, 3.8) is 0 Å². The van der Waals surface area contributed by atoms with E-state index in [0.717, 1.165) is 11.8 Å². The molecule has 16 nitrogen and oxygen atoms in total. The van der Waals surface area contributed by atoms with E-state index in [0.29, 0.717) is 0 Å². The molecule has 0 bridgehead atoms. The van der Waals surface area contributed by atoms with Gasteiger partial charge >= 0.3 is 27.6 Å². The van der Waals surface area contributed by atoms with Crippen LogP contribution < -0.4 is 5.32 Å². The van der Waals surface area contributed by atoms with Gasteiger partial charge in [0.1, 0.15) is 18.4 Å². The number of carbonyl (C=O) groups excluding carboxylic acids is 3. The minimum Gasteiger partial charge on any atom is -0.441 e. The number of amides is 3. The van der Waals surface area contributed by atoms with Gasteiger partial charge in [-0.05, 0) is 46.8 Å². The molecule has 0 saturated carbocycles. The van der Waals surface area contributed by atoms with Crippen LogP contribution in [0.3, 0.4) is 0 Å². The van der Waals surface area contributed by atoms with Gasteiger partial charge in [0.2, 0.25) is 5.60 Å². The van der Waals surface area contributed by atoms with Gasteiger partial charge in [0.15, 0.2) is 6.23 Å². The van der Waals surface area contributed by atoms with Crippen LogP contribution in [0.5, 0.6) is 0 Å². The van der Waals surface area contributed by atoms with Crippen LogP contribution in [0.1, 0.15) is 51.4 Å². The highest BCUT2D eigenvalue weighted by atomic mass is 31.2. The minimum atomic E-state index is -4.15. The van der Waals surface area contributed by atoms with Crippen LogP contribution in [0.25, 0.3) is 0 Å². The van der Waals surface area contributed by atoms with Gasteiger partial charge in [-0.1, -0.05) is 18.2 Å². The van der Waals surface area contributed by atoms with E-state index in [9.17, 15) is 28.6 Å². The second-order valence-electron chi connectivity index (χ2n) is 9.27. The molecule has 2 aliphatic rings. The van der Waals surface area contributed by atoms with Crippen LogP contribution in [0.15, 0.2) is 30.3 Å². The SMILES string of the molecule is CCOP(=O)(OCC)OC[C@H]1O[C@@H](N2C(=O)NC(=O)C(C)(OC(=O)c3ccccc3)C2O)C[C@@H]1OP(=O)(OCC)OCC. The van der Waals surface area contributed by atoms with Crippen molar-refractivity contribution in [2.75, 3.05) is 33.0 Å². The molecule has 3 amide bonds. The number of ether oxygens (including phenoxy) is 2. The summed E-state index contributed by atoms with van der Waals surface area (Å²) in [4.78, 5) is 39.4. The summed E-state index contributed by atoms with van der Waals surface area (Å²) < 4.78 is 69.4. The zero-order chi connectivity index (χ0) is 31.8. The number of aliphatic hydroxyl groups is 1. The molecular formula is C25H38N2O14P2. The Kier molecular flexibility index (Phi) is 12.4. The standard InChI is InChI=1S/C25H38N2O14P2/c1-6-34-42(32,35-7-2)38-16-19-18(41-43(33,36-8-3)37-9-4)15-20(39-19)27-23(30)25(5,22(29)26-24(27)31)40-21(28)17-13-11-10-12-14-17/h10-14,18-20,23,30H,6-9,15-16H2,1-5H3,(H,26,29,31)/t18-,19+,20+,23?,25?/m0/s1. The fraction of sp³-hybridized carbons (Fsp3) is 0.640. The van der Waals surface area contributed by atoms with Gasteiger partial charge in [0, 0.05) is 6.42 Å². The van der Waals surface area contributed by atoms with Crippen LogP contribution in [0.2, 0.25) is 0 Å². The predicted molar refractivity (Wildman–Crippen MR) is 147 cm³/mol. The lowest BCUT2D eigenvalue weighted by atomic mass is 9.99. The highest BCUT2D eigenvalue weighted by Gasteiger charge is 2.58. The molecule has 5 atom stereocenters. The summed E-state index contributed by atoms with van der Waals surface area (Å²) in [6, 6.07) is 6.68. The van der Waals surface area contributed by atoms with Crippen LogP contribution in [-0.4, -0.2) is 91.2 Å². The molecule has 2 fully saturated rings. The van der Waals surface area contributed by atoms with Gasteiger partial charge in [0.05, 0.1) is 38.6 Å². The summed E-state index contributed by atoms with van der Waals surface area (Å²) >= 11 is 0. The fourth-order valence-electron chi connectivity index (χ4n) is 4.30. The van der Waals surface area contributed by atoms with E-state index in [-0.39, 0.29) is 38.4 Å². The van der Waals surface area contributed by atoms with Crippen LogP contribution in [-0.2, 0) is 50.5 Å². The number of rotatable bonds is 16. The Balaban J connectivity index is 1.89. The molecule has 1 aromatic rings. The monoisotopic (exact) mass is 652 g/mol. The molecule has 2 heterocycles. The Labute approximate surface area is 249 Å². The number of carbonyl (C=O) groups is 3. The van der Waals surface area contributed by atoms with Crippen LogP contribution in [0, 0.1) is 0 Å². The Morgan fingerprint density at radius 2 is 1.53 bits per heavy atom. The molecule has 18 heteroatoms. The maximum Gasteiger partial charge on any atom is 0.475 e. The number of nitrogens with one attached hydrogen (secondary N) is 1. The highest BCUT2D eigenvalue weighted by molar-refractivity contribution is 7.48. The third-order valence-corrected chi connectivity index (χ3v) is 9.57. The average molecular weight is 653 g/mol. The molecule has 242 valence electrons. The zero-order valence-corrected chi connectivity index (χ0v) is 26.3. The summed E-state index contributed by atoms with van der Waals surface area (Å²) in [5.41, 5.74) is -2.16. The van der Waals surface area contributed by atoms with Crippen LogP contribution >= 0.6 is 15.6 Å². The normalized spacial score (nSPS) is 26.4. The van der Waals surface area contributed by atoms with Gasteiger partial charge in [0.25, 0.3) is 5.91 Å². The molecule has 2 N–H and O–H groups in total. The first-order valence-corrected chi connectivity index (χ1v) is 16.6. The first kappa shape index (κ1) is 35.3. The predicted octanol–water partition coefficient (Wildman–Crippen LogP) is 3.35. The Bertz CT molecular complexity index is 1200. The number of benzene rings is 1. The summed E-state index contributed by atoms with van der Waals surface area (Å²) in [7, 11) is -8.19. The number of imide groups is 1. The lowest BCUT2D eigenvalue weighted by Crippen LogP contribution is -2.72. The van der Waals surface area contributed by atoms with Crippen molar-refractivity contribution >= 4 is 33.6 Å². The largest absolute Gasteiger partial charge is 0.475 e. The molecule has 2 aliphatic heterocycles. The van der Waals surface area contributed by atoms with E-state index in [1.165, 1.54) is 12.1 Å². The number of phosphoric acid groups is 2. The van der Waals surface area contributed by atoms with Crippen molar-refractivity contribution in [2.24, 2.45) is 0 Å². The molecule has 43 heavy (non-hydrogen) atoms. The topological polar surface area (TPSA) is 195 Å². The third kappa shape index (κ3) is 8.49. The van der Waals surface area contributed by atoms with Crippen molar-refractivity contribution in [1.82, 2.24) is 10.2 Å². The van der Waals surface area contributed by atoms with E-state index >= 15 is 0 Å². The summed E-state index contributed by atoms with van der Waals surface area (Å²) in [6.07, 6.45) is -6.01. The smallest absolute Gasteiger partial charge is 0.441 e. The van der Waals surface area contributed by atoms with E-state index in [1.807, 2.05) is 0 Å². The molecule has 0 spiro atoms. The van der Waals surface area contributed by atoms with Gasteiger partial charge in [-0.15, -0.1) is 0 Å². The van der Waals surface area contributed by atoms with Crippen molar-refractivity contribution in [2.45, 2.75) is 71.3 Å². The lowest BCUT2D eigenvalue weighted by molar-refractivity contribution is -0.194. The second kappa shape index (κ2) is 15.2. The molecule has 3 rings (SSSR count). The maximum absolute atomic E-state index is 13.2. The van der Waals surface area contributed by atoms with Crippen molar-refractivity contribution in [3.8, 4) is 0 Å². The van der Waals surface area contributed by atoms with E-state index < -0.39 is 70.4 Å². The summed E-state index contributed by atoms with van der Waals surface area (Å²) in [6.45, 7) is 6.91. The first-order chi connectivity index (χ1) is 20.3. The van der Waals surface area contributed by atoms with Crippen molar-refractivity contribution in [3.05, 3.63) is 35.9 Å². The Hall–Kier alpha value is -2.23. The number of phosphoric ester groups is 2. The number of hydrogen-bond donors (Lipinski definition) is 2. The molecule has 2 saturated heterocycles. The first-order valence-electron chi connectivity index (χ1n) is 13.7. The summed E-state index contributed by atoms with van der Waals surface area (Å²) in [5, 5.41) is 13.3. The number of hydrogen-bond acceptors (Lipinski definition) is 14. The van der Waals surface area contributed by atoms with E-state index in [4.69, 9.17) is 36.6 Å². The van der Waals surface area contributed by atoms with Crippen molar-refractivity contribution < 1.29 is 65.2 Å². The third-order valence-electron chi connectivity index (χ3n) is 6.28. The number of urea groups is 1. The van der Waals surface area contributed by atoms with E-state index in [2.05, 4.69) is 5.32 Å². The Morgan fingerprint density at radius 3 is 2.09 bits per heavy atom. The number of esters is 1. The van der Waals surface area contributed by atoms with Gasteiger partial charge in [-0.3, -0.25) is 42.2 Å². The average Bonchev–Trinajstić information content (AvgIpc) is 3.33. The number of aliphatic hydroxyl groups excluding tert-OH is 1. The highest BCUT2D eigenvalue weighted by Crippen LogP contribution is 2.54. The molecule has 2 unspecified atom stereocenters. The summed E-state index contributed by atoms with van der Waals surface area (Å²) in [5.74, 6) is -1.99. The van der Waals surface area contributed by atoms with Crippen LogP contribution in [0.4, 0.5) is 4.79 Å². The molecular weight excluding hydrogens is 614 g/mol. The minimum absolute atomic E-state index is 0.00366. The van der Waals surface area contributed by atoms with Gasteiger partial charge < -0.3 is 14.6 Å². The molecule has 0 aliphatic carbocycles. The fourth-order valence-corrected chi connectivity index (χ4v) is 6.87. The lowest BCUT2D eigenvalue weighted by Gasteiger charge is -2.44. The maximum atomic E-state index is 13.2. The van der Waals surface area contributed by atoms with Gasteiger partial charge in [-0.2, -0.15) is 0 Å². The molecule has 0 radical (unpaired) electrons.